The zero-order valence-electron chi connectivity index (χ0n) is 22.1. The molecule has 3 aliphatic heterocycles. The van der Waals surface area contributed by atoms with E-state index in [9.17, 15) is 9.65 Å². The summed E-state index contributed by atoms with van der Waals surface area (Å²) in [5.41, 5.74) is 15.3. The number of benzene rings is 2. The van der Waals surface area contributed by atoms with Gasteiger partial charge in [0.05, 0.1) is 57.8 Å². The molecule has 0 spiro atoms. The van der Waals surface area contributed by atoms with Gasteiger partial charge in [0.2, 0.25) is 0 Å². The Morgan fingerprint density at radius 1 is 1.19 bits per heavy atom. The van der Waals surface area contributed by atoms with Crippen molar-refractivity contribution in [3.63, 3.8) is 0 Å². The van der Waals surface area contributed by atoms with E-state index in [-0.39, 0.29) is 11.1 Å². The van der Waals surface area contributed by atoms with Crippen molar-refractivity contribution >= 4 is 62.5 Å². The van der Waals surface area contributed by atoms with Gasteiger partial charge in [0.25, 0.3) is 0 Å². The molecule has 3 aliphatic rings. The van der Waals surface area contributed by atoms with Crippen LogP contribution in [-0.2, 0) is 17.7 Å². The van der Waals surface area contributed by atoms with Crippen molar-refractivity contribution in [2.75, 3.05) is 30.4 Å². The molecule has 5 N–H and O–H groups in total. The highest BCUT2D eigenvalue weighted by Crippen LogP contribution is 2.40. The molecule has 4 aromatic rings. The van der Waals surface area contributed by atoms with E-state index >= 15 is 0 Å². The van der Waals surface area contributed by atoms with Crippen LogP contribution in [0.1, 0.15) is 27.6 Å². The summed E-state index contributed by atoms with van der Waals surface area (Å²) in [7, 11) is 0. The molecule has 0 amide bonds. The first kappa shape index (κ1) is 27.2. The lowest BCUT2D eigenvalue weighted by Crippen LogP contribution is -2.50. The van der Waals surface area contributed by atoms with Crippen molar-refractivity contribution in [3.05, 3.63) is 91.2 Å². The first-order valence-corrected chi connectivity index (χ1v) is 15.0. The third kappa shape index (κ3) is 5.00. The molecule has 214 valence electrons. The summed E-state index contributed by atoms with van der Waals surface area (Å²) in [5, 5.41) is 20.1. The molecule has 2 aromatic heterocycles. The number of anilines is 3. The molecule has 42 heavy (non-hydrogen) atoms. The number of nitriles is 1. The minimum atomic E-state index is -0.526. The number of hydrazine groups is 2. The highest BCUT2D eigenvalue weighted by Gasteiger charge is 2.33. The van der Waals surface area contributed by atoms with E-state index in [4.69, 9.17) is 27.9 Å². The highest BCUT2D eigenvalue weighted by molar-refractivity contribution is 7.10. The van der Waals surface area contributed by atoms with Gasteiger partial charge < -0.3 is 26.2 Å². The molecule has 9 nitrogen and oxygen atoms in total. The minimum absolute atomic E-state index is 0.0251. The van der Waals surface area contributed by atoms with Crippen LogP contribution >= 0.6 is 34.5 Å². The Morgan fingerprint density at radius 2 is 2.05 bits per heavy atom. The Hall–Kier alpha value is -3.63. The molecule has 13 heteroatoms. The second-order valence-corrected chi connectivity index (χ2v) is 12.1. The van der Waals surface area contributed by atoms with E-state index in [1.807, 2.05) is 18.3 Å². The number of pyridine rings is 1. The van der Waals surface area contributed by atoms with Crippen LogP contribution < -0.4 is 27.0 Å². The van der Waals surface area contributed by atoms with Crippen molar-refractivity contribution in [2.45, 2.75) is 25.0 Å². The largest absolute Gasteiger partial charge is 0.378 e. The molecule has 1 atom stereocenters. The number of nitrogens with zero attached hydrogens (tertiary/aromatic N) is 3. The molecule has 0 unspecified atom stereocenters. The molecule has 0 radical (unpaired) electrons. The van der Waals surface area contributed by atoms with E-state index < -0.39 is 5.82 Å². The first-order chi connectivity index (χ1) is 20.5. The van der Waals surface area contributed by atoms with Gasteiger partial charge in [0.1, 0.15) is 11.9 Å². The zero-order chi connectivity index (χ0) is 28.8. The lowest BCUT2D eigenvalue weighted by atomic mass is 9.95. The second kappa shape index (κ2) is 11.2. The average molecular weight is 624 g/mol. The van der Waals surface area contributed by atoms with Gasteiger partial charge in [0, 0.05) is 47.1 Å². The fourth-order valence-corrected chi connectivity index (χ4v) is 7.14. The molecule has 5 heterocycles. The minimum Gasteiger partial charge on any atom is -0.378 e. The lowest BCUT2D eigenvalue weighted by molar-refractivity contribution is -0.0691. The molecule has 0 bridgehead atoms. The van der Waals surface area contributed by atoms with E-state index in [1.165, 1.54) is 34.3 Å². The summed E-state index contributed by atoms with van der Waals surface area (Å²) in [5.74, 6) is -0.526. The number of fused-ring (bicyclic) bond motifs is 2. The van der Waals surface area contributed by atoms with Crippen molar-refractivity contribution in [1.82, 2.24) is 26.3 Å². The van der Waals surface area contributed by atoms with Crippen LogP contribution in [0, 0.1) is 17.1 Å². The number of hydrogen-bond acceptors (Lipinski definition) is 10. The third-order valence-corrected chi connectivity index (χ3v) is 9.43. The van der Waals surface area contributed by atoms with Gasteiger partial charge in [0.15, 0.2) is 0 Å². The summed E-state index contributed by atoms with van der Waals surface area (Å²) in [6.45, 7) is 3.54. The molecule has 0 saturated carbocycles. The fourth-order valence-electron chi connectivity index (χ4n) is 5.55. The monoisotopic (exact) mass is 622 g/mol. The molecule has 1 saturated heterocycles. The summed E-state index contributed by atoms with van der Waals surface area (Å²) in [6, 6.07) is 10.6. The predicted octanol–water partition coefficient (Wildman–Crippen LogP) is 5.72. The Kier molecular flexibility index (Phi) is 7.27. The number of rotatable bonds is 7. The SMILES string of the molecule is N#Cc1cnc2c(Cl)cc(N[C@H](C3=CNNN3)c3csc4c3CCN(C3COC3)C4)cc2c1Nc1ccc(F)c(Cl)c1. The standard InChI is InChI=1S/C29H25Cl2FN8OS/c30-22-6-16(1-2-24(22)32)36-27-15(8-33)9-34-28-20(27)5-17(7-23(28)31)37-29(25-10-35-39-38-25)21-14-42-26-11-40(4-3-19(21)26)18-12-41-13-18/h1-2,5-7,9-10,14,18,29,35,37-39H,3-4,11-13H2,(H,34,36)/t29-/m0/s1. The number of nitrogens with one attached hydrogen (secondary N) is 5. The van der Waals surface area contributed by atoms with Gasteiger partial charge in [-0.15, -0.1) is 11.3 Å². The number of aromatic nitrogens is 1. The van der Waals surface area contributed by atoms with E-state index in [0.717, 1.165) is 44.1 Å². The van der Waals surface area contributed by atoms with Gasteiger partial charge in [-0.2, -0.15) is 10.8 Å². The topological polar surface area (TPSA) is 109 Å². The summed E-state index contributed by atoms with van der Waals surface area (Å²) in [4.78, 5) is 8.34. The molecule has 0 aliphatic carbocycles. The highest BCUT2D eigenvalue weighted by atomic mass is 35.5. The molecule has 2 aromatic carbocycles. The van der Waals surface area contributed by atoms with Crippen LogP contribution in [0.2, 0.25) is 10.0 Å². The van der Waals surface area contributed by atoms with Gasteiger partial charge in [-0.25, -0.2) is 4.39 Å². The fraction of sp³-hybridized carbons (Fsp3) is 0.241. The second-order valence-electron chi connectivity index (χ2n) is 10.3. The van der Waals surface area contributed by atoms with E-state index in [1.54, 1.807) is 17.4 Å². The lowest BCUT2D eigenvalue weighted by Gasteiger charge is -2.39. The Morgan fingerprint density at radius 3 is 2.79 bits per heavy atom. The summed E-state index contributed by atoms with van der Waals surface area (Å²) >= 11 is 14.6. The summed E-state index contributed by atoms with van der Waals surface area (Å²) < 4.78 is 19.2. The Balaban J connectivity index is 1.26. The third-order valence-electron chi connectivity index (χ3n) is 7.82. The van der Waals surface area contributed by atoms with Crippen LogP contribution in [0.15, 0.2) is 53.8 Å². The van der Waals surface area contributed by atoms with Crippen molar-refractivity contribution in [3.8, 4) is 6.07 Å². The van der Waals surface area contributed by atoms with Gasteiger partial charge in [-0.05, 0) is 53.3 Å². The molecular weight excluding hydrogens is 598 g/mol. The van der Waals surface area contributed by atoms with E-state index in [2.05, 4.69) is 48.4 Å². The maximum absolute atomic E-state index is 13.8. The maximum atomic E-state index is 13.8. The average Bonchev–Trinajstić information content (AvgIpc) is 3.64. The molecule has 1 fully saturated rings. The van der Waals surface area contributed by atoms with Gasteiger partial charge >= 0.3 is 0 Å². The van der Waals surface area contributed by atoms with Crippen LogP contribution in [0.3, 0.4) is 0 Å². The summed E-state index contributed by atoms with van der Waals surface area (Å²) in [6.07, 6.45) is 4.32. The number of ether oxygens (including phenoxy) is 1. The predicted molar refractivity (Wildman–Crippen MR) is 163 cm³/mol. The Bertz CT molecular complexity index is 1770. The maximum Gasteiger partial charge on any atom is 0.141 e. The van der Waals surface area contributed by atoms with Crippen LogP contribution in [-0.4, -0.2) is 35.7 Å². The number of thiophene rings is 1. The quantitative estimate of drug-likeness (QED) is 0.177. The number of halogens is 3. The van der Waals surface area contributed by atoms with Crippen molar-refractivity contribution in [1.29, 1.82) is 5.26 Å². The smallest absolute Gasteiger partial charge is 0.141 e. The normalized spacial score (nSPS) is 17.4. The van der Waals surface area contributed by atoms with Gasteiger partial charge in [-0.3, -0.25) is 9.88 Å². The zero-order valence-corrected chi connectivity index (χ0v) is 24.4. The van der Waals surface area contributed by atoms with Crippen LogP contribution in [0.4, 0.5) is 21.5 Å². The Labute approximate surface area is 255 Å². The van der Waals surface area contributed by atoms with Crippen LogP contribution in [0.25, 0.3) is 10.9 Å². The van der Waals surface area contributed by atoms with Crippen molar-refractivity contribution < 1.29 is 9.13 Å². The van der Waals surface area contributed by atoms with Crippen molar-refractivity contribution in [2.24, 2.45) is 0 Å². The van der Waals surface area contributed by atoms with E-state index in [0.29, 0.717) is 38.9 Å². The van der Waals surface area contributed by atoms with Crippen LogP contribution in [0.5, 0.6) is 0 Å². The molecular formula is C29H25Cl2FN8OS. The first-order valence-electron chi connectivity index (χ1n) is 13.4. The molecule has 7 rings (SSSR count). The van der Waals surface area contributed by atoms with Gasteiger partial charge in [-0.1, -0.05) is 23.2 Å². The number of hydrogen-bond donors (Lipinski definition) is 5.